The number of aromatic nitrogens is 2. The average molecular weight is 247 g/mol. The molecule has 0 aliphatic carbocycles. The van der Waals surface area contributed by atoms with E-state index in [0.717, 1.165) is 42.9 Å². The summed E-state index contributed by atoms with van der Waals surface area (Å²) in [6.45, 7) is 6.80. The maximum atomic E-state index is 5.73. The van der Waals surface area contributed by atoms with Gasteiger partial charge < -0.3 is 15.0 Å². The number of nitrogen functional groups attached to an aromatic ring is 1. The molecule has 1 heterocycles. The number of nitrogens with two attached hydrogens (primary N) is 1. The van der Waals surface area contributed by atoms with E-state index in [-0.39, 0.29) is 0 Å². The summed E-state index contributed by atoms with van der Waals surface area (Å²) in [5.74, 6) is 0.696. The fraction of sp³-hybridized carbons (Fsp3) is 0.500. The molecule has 0 atom stereocenters. The van der Waals surface area contributed by atoms with Crippen LogP contribution in [0.25, 0.3) is 11.0 Å². The van der Waals surface area contributed by atoms with Crippen molar-refractivity contribution in [1.82, 2.24) is 9.55 Å². The van der Waals surface area contributed by atoms with Crippen molar-refractivity contribution in [2.24, 2.45) is 5.92 Å². The molecule has 0 bridgehead atoms. The Kier molecular flexibility index (Phi) is 4.20. The van der Waals surface area contributed by atoms with Crippen LogP contribution in [0.4, 0.5) is 5.69 Å². The van der Waals surface area contributed by atoms with Crippen molar-refractivity contribution < 1.29 is 4.74 Å². The summed E-state index contributed by atoms with van der Waals surface area (Å²) < 4.78 is 7.72. The van der Waals surface area contributed by atoms with Gasteiger partial charge in [-0.3, -0.25) is 0 Å². The van der Waals surface area contributed by atoms with Crippen LogP contribution in [0.1, 0.15) is 20.3 Å². The molecule has 2 N–H and O–H groups in total. The zero-order valence-corrected chi connectivity index (χ0v) is 11.1. The number of benzene rings is 1. The zero-order chi connectivity index (χ0) is 13.0. The van der Waals surface area contributed by atoms with E-state index in [0.29, 0.717) is 5.92 Å². The first-order valence-electron chi connectivity index (χ1n) is 6.45. The largest absolute Gasteiger partial charge is 0.399 e. The van der Waals surface area contributed by atoms with E-state index >= 15 is 0 Å². The van der Waals surface area contributed by atoms with Crippen LogP contribution in [0.5, 0.6) is 0 Å². The van der Waals surface area contributed by atoms with E-state index in [4.69, 9.17) is 10.5 Å². The van der Waals surface area contributed by atoms with Crippen molar-refractivity contribution in [2.45, 2.75) is 26.8 Å². The molecule has 2 rings (SSSR count). The van der Waals surface area contributed by atoms with Crippen molar-refractivity contribution >= 4 is 16.7 Å². The van der Waals surface area contributed by atoms with Gasteiger partial charge in [-0.2, -0.15) is 0 Å². The molecule has 98 valence electrons. The van der Waals surface area contributed by atoms with Crippen molar-refractivity contribution in [3.05, 3.63) is 24.5 Å². The highest BCUT2D eigenvalue weighted by atomic mass is 16.5. The Hall–Kier alpha value is -1.55. The van der Waals surface area contributed by atoms with Crippen LogP contribution >= 0.6 is 0 Å². The Morgan fingerprint density at radius 1 is 1.33 bits per heavy atom. The van der Waals surface area contributed by atoms with Gasteiger partial charge in [-0.25, -0.2) is 4.98 Å². The monoisotopic (exact) mass is 247 g/mol. The van der Waals surface area contributed by atoms with Gasteiger partial charge in [-0.05, 0) is 30.5 Å². The van der Waals surface area contributed by atoms with Gasteiger partial charge in [-0.1, -0.05) is 13.8 Å². The quantitative estimate of drug-likeness (QED) is 0.630. The molecule has 0 saturated carbocycles. The molecule has 0 aliphatic rings. The lowest BCUT2D eigenvalue weighted by Crippen LogP contribution is -2.07. The molecular weight excluding hydrogens is 226 g/mol. The Morgan fingerprint density at radius 2 is 2.17 bits per heavy atom. The maximum absolute atomic E-state index is 5.73. The van der Waals surface area contributed by atoms with Gasteiger partial charge in [-0.15, -0.1) is 0 Å². The highest BCUT2D eigenvalue weighted by Crippen LogP contribution is 2.15. The van der Waals surface area contributed by atoms with Gasteiger partial charge >= 0.3 is 0 Å². The molecule has 0 fully saturated rings. The molecule has 0 aliphatic heterocycles. The highest BCUT2D eigenvalue weighted by Gasteiger charge is 2.02. The second-order valence-electron chi connectivity index (χ2n) is 4.98. The fourth-order valence-corrected chi connectivity index (χ4v) is 1.84. The fourth-order valence-electron chi connectivity index (χ4n) is 1.84. The van der Waals surface area contributed by atoms with E-state index in [1.807, 2.05) is 24.5 Å². The Bertz CT molecular complexity index is 505. The van der Waals surface area contributed by atoms with E-state index in [1.54, 1.807) is 0 Å². The second-order valence-corrected chi connectivity index (χ2v) is 4.98. The molecule has 2 aromatic rings. The van der Waals surface area contributed by atoms with Crippen LogP contribution in [-0.2, 0) is 11.3 Å². The molecular formula is C14H21N3O. The summed E-state index contributed by atoms with van der Waals surface area (Å²) in [6.07, 6.45) is 2.96. The summed E-state index contributed by atoms with van der Waals surface area (Å²) in [5, 5.41) is 0. The Morgan fingerprint density at radius 3 is 2.94 bits per heavy atom. The number of ether oxygens (including phenoxy) is 1. The van der Waals surface area contributed by atoms with Gasteiger partial charge in [0, 0.05) is 18.8 Å². The molecule has 4 heteroatoms. The number of anilines is 1. The second kappa shape index (κ2) is 5.87. The first kappa shape index (κ1) is 12.9. The summed E-state index contributed by atoms with van der Waals surface area (Å²) >= 11 is 0. The molecule has 1 aromatic heterocycles. The molecule has 0 spiro atoms. The van der Waals surface area contributed by atoms with Crippen molar-refractivity contribution in [3.63, 3.8) is 0 Å². The highest BCUT2D eigenvalue weighted by molar-refractivity contribution is 5.78. The van der Waals surface area contributed by atoms with Crippen LogP contribution in [0.3, 0.4) is 0 Å². The third kappa shape index (κ3) is 3.23. The standard InChI is InChI=1S/C14H21N3O/c1-11(2)5-7-18-8-6-17-10-16-13-9-12(15)3-4-14(13)17/h3-4,9-11H,5-8,15H2,1-2H3. The summed E-state index contributed by atoms with van der Waals surface area (Å²) in [7, 11) is 0. The molecule has 1 aromatic carbocycles. The lowest BCUT2D eigenvalue weighted by atomic mass is 10.1. The van der Waals surface area contributed by atoms with Crippen LogP contribution in [0, 0.1) is 5.92 Å². The minimum absolute atomic E-state index is 0.696. The van der Waals surface area contributed by atoms with Gasteiger partial charge in [0.15, 0.2) is 0 Å². The normalized spacial score (nSPS) is 11.5. The van der Waals surface area contributed by atoms with Gasteiger partial charge in [0.25, 0.3) is 0 Å². The van der Waals surface area contributed by atoms with Crippen molar-refractivity contribution in [1.29, 1.82) is 0 Å². The Labute approximate surface area is 108 Å². The number of nitrogens with zero attached hydrogens (tertiary/aromatic N) is 2. The number of hydrogen-bond acceptors (Lipinski definition) is 3. The van der Waals surface area contributed by atoms with E-state index < -0.39 is 0 Å². The summed E-state index contributed by atoms with van der Waals surface area (Å²) in [4.78, 5) is 4.33. The van der Waals surface area contributed by atoms with E-state index in [1.165, 1.54) is 0 Å². The number of hydrogen-bond donors (Lipinski definition) is 1. The first-order valence-corrected chi connectivity index (χ1v) is 6.45. The Balaban J connectivity index is 1.88. The van der Waals surface area contributed by atoms with Gasteiger partial charge in [0.1, 0.15) is 0 Å². The average Bonchev–Trinajstić information content (AvgIpc) is 2.70. The number of imidazole rings is 1. The van der Waals surface area contributed by atoms with Gasteiger partial charge in [0.2, 0.25) is 0 Å². The maximum Gasteiger partial charge on any atom is 0.0959 e. The lowest BCUT2D eigenvalue weighted by Gasteiger charge is -2.07. The smallest absolute Gasteiger partial charge is 0.0959 e. The molecule has 4 nitrogen and oxygen atoms in total. The van der Waals surface area contributed by atoms with Crippen molar-refractivity contribution in [3.8, 4) is 0 Å². The van der Waals surface area contributed by atoms with Crippen molar-refractivity contribution in [2.75, 3.05) is 18.9 Å². The van der Waals surface area contributed by atoms with Crippen LogP contribution in [0.15, 0.2) is 24.5 Å². The summed E-state index contributed by atoms with van der Waals surface area (Å²) in [6, 6.07) is 5.80. The summed E-state index contributed by atoms with van der Waals surface area (Å²) in [5.41, 5.74) is 8.53. The minimum Gasteiger partial charge on any atom is -0.399 e. The van der Waals surface area contributed by atoms with Crippen LogP contribution in [0.2, 0.25) is 0 Å². The predicted octanol–water partition coefficient (Wildman–Crippen LogP) is 2.68. The van der Waals surface area contributed by atoms with E-state index in [9.17, 15) is 0 Å². The zero-order valence-electron chi connectivity index (χ0n) is 11.1. The van der Waals surface area contributed by atoms with E-state index in [2.05, 4.69) is 23.4 Å². The topological polar surface area (TPSA) is 53.1 Å². The van der Waals surface area contributed by atoms with Crippen LogP contribution < -0.4 is 5.73 Å². The molecule has 18 heavy (non-hydrogen) atoms. The minimum atomic E-state index is 0.696. The lowest BCUT2D eigenvalue weighted by molar-refractivity contribution is 0.117. The number of fused-ring (bicyclic) bond motifs is 1. The van der Waals surface area contributed by atoms with Gasteiger partial charge in [0.05, 0.1) is 24.0 Å². The molecule has 0 saturated heterocycles. The molecule has 0 radical (unpaired) electrons. The third-order valence-electron chi connectivity index (χ3n) is 2.96. The van der Waals surface area contributed by atoms with Crippen LogP contribution in [-0.4, -0.2) is 22.8 Å². The predicted molar refractivity (Wildman–Crippen MR) is 74.4 cm³/mol. The first-order chi connectivity index (χ1) is 8.66. The molecule has 0 amide bonds. The SMILES string of the molecule is CC(C)CCOCCn1cnc2cc(N)ccc21. The number of rotatable bonds is 6. The molecule has 0 unspecified atom stereocenters. The third-order valence-corrected chi connectivity index (χ3v) is 2.96.